The fourth-order valence-corrected chi connectivity index (χ4v) is 3.29. The van der Waals surface area contributed by atoms with Crippen molar-refractivity contribution in [2.45, 2.75) is 17.9 Å². The van der Waals surface area contributed by atoms with Gasteiger partial charge in [0.15, 0.2) is 0 Å². The fourth-order valence-electron chi connectivity index (χ4n) is 2.00. The van der Waals surface area contributed by atoms with Crippen LogP contribution in [0.4, 0.5) is 4.39 Å². The van der Waals surface area contributed by atoms with Crippen molar-refractivity contribution in [1.82, 2.24) is 14.5 Å². The van der Waals surface area contributed by atoms with Gasteiger partial charge in [0.1, 0.15) is 5.82 Å². The van der Waals surface area contributed by atoms with E-state index >= 15 is 0 Å². The van der Waals surface area contributed by atoms with Crippen molar-refractivity contribution in [3.63, 3.8) is 0 Å². The zero-order chi connectivity index (χ0) is 15.5. The third-order valence-corrected chi connectivity index (χ3v) is 4.58. The number of benzene rings is 1. The minimum absolute atomic E-state index is 0.00798. The molecule has 0 aliphatic carbocycles. The van der Waals surface area contributed by atoms with Crippen molar-refractivity contribution < 1.29 is 12.8 Å². The van der Waals surface area contributed by atoms with Crippen molar-refractivity contribution in [3.8, 4) is 0 Å². The molecule has 0 unspecified atom stereocenters. The zero-order valence-electron chi connectivity index (χ0n) is 11.6. The summed E-state index contributed by atoms with van der Waals surface area (Å²) in [5.41, 5.74) is 6.33. The van der Waals surface area contributed by atoms with Gasteiger partial charge in [0.05, 0.1) is 11.1 Å². The van der Waals surface area contributed by atoms with E-state index in [1.54, 1.807) is 17.9 Å². The number of aryl methyl sites for hydroxylation is 1. The molecule has 1 aromatic carbocycles. The van der Waals surface area contributed by atoms with E-state index in [1.165, 1.54) is 18.2 Å². The van der Waals surface area contributed by atoms with Gasteiger partial charge >= 0.3 is 0 Å². The smallest absolute Gasteiger partial charge is 0.241 e. The second kappa shape index (κ2) is 6.33. The van der Waals surface area contributed by atoms with Gasteiger partial charge in [0.25, 0.3) is 0 Å². The standard InChI is InChI=1S/C13H17FN4O2S/c1-18-9-10(8-16-18)5-6-17-21(19,20)13-4-2-3-12(14)11(13)7-15/h2-4,8-9,17H,5-7,15H2,1H3. The molecule has 0 atom stereocenters. The quantitative estimate of drug-likeness (QED) is 0.814. The third-order valence-electron chi connectivity index (χ3n) is 3.03. The summed E-state index contributed by atoms with van der Waals surface area (Å²) in [5, 5.41) is 4.00. The molecule has 2 aromatic rings. The first-order valence-electron chi connectivity index (χ1n) is 6.38. The molecule has 114 valence electrons. The number of sulfonamides is 1. The average molecular weight is 312 g/mol. The normalized spacial score (nSPS) is 11.8. The maximum absolute atomic E-state index is 13.6. The molecule has 0 aliphatic rings. The van der Waals surface area contributed by atoms with Gasteiger partial charge in [0.2, 0.25) is 10.0 Å². The number of halogens is 1. The maximum Gasteiger partial charge on any atom is 0.241 e. The SMILES string of the molecule is Cn1cc(CCNS(=O)(=O)c2cccc(F)c2CN)cn1. The first-order valence-corrected chi connectivity index (χ1v) is 7.87. The summed E-state index contributed by atoms with van der Waals surface area (Å²) in [6.45, 7) is 0.0279. The molecule has 2 rings (SSSR count). The number of nitrogens with two attached hydrogens (primary N) is 1. The Morgan fingerprint density at radius 2 is 2.19 bits per heavy atom. The van der Waals surface area contributed by atoms with Crippen LogP contribution in [0.2, 0.25) is 0 Å². The molecule has 0 saturated carbocycles. The van der Waals surface area contributed by atoms with Crippen LogP contribution in [0.5, 0.6) is 0 Å². The molecule has 21 heavy (non-hydrogen) atoms. The first kappa shape index (κ1) is 15.6. The summed E-state index contributed by atoms with van der Waals surface area (Å²) in [6, 6.07) is 3.89. The Balaban J connectivity index is 2.10. The van der Waals surface area contributed by atoms with E-state index in [9.17, 15) is 12.8 Å². The summed E-state index contributed by atoms with van der Waals surface area (Å²) in [4.78, 5) is -0.115. The minimum atomic E-state index is -3.79. The number of nitrogens with one attached hydrogen (secondary N) is 1. The summed E-state index contributed by atoms with van der Waals surface area (Å²) in [5.74, 6) is -0.618. The third kappa shape index (κ3) is 3.66. The Labute approximate surface area is 122 Å². The van der Waals surface area contributed by atoms with E-state index in [0.717, 1.165) is 5.56 Å². The van der Waals surface area contributed by atoms with Gasteiger partial charge in [-0.25, -0.2) is 17.5 Å². The van der Waals surface area contributed by atoms with Crippen molar-refractivity contribution in [1.29, 1.82) is 0 Å². The van der Waals surface area contributed by atoms with Crippen LogP contribution in [0, 0.1) is 5.82 Å². The summed E-state index contributed by atoms with van der Waals surface area (Å²) in [7, 11) is -2.00. The lowest BCUT2D eigenvalue weighted by Crippen LogP contribution is -2.27. The highest BCUT2D eigenvalue weighted by Gasteiger charge is 2.19. The maximum atomic E-state index is 13.6. The van der Waals surface area contributed by atoms with Gasteiger partial charge in [0, 0.05) is 31.9 Å². The van der Waals surface area contributed by atoms with E-state index in [-0.39, 0.29) is 23.5 Å². The molecule has 0 spiro atoms. The number of aromatic nitrogens is 2. The van der Waals surface area contributed by atoms with Gasteiger partial charge in [-0.2, -0.15) is 5.10 Å². The molecular weight excluding hydrogens is 295 g/mol. The molecule has 1 heterocycles. The average Bonchev–Trinajstić information content (AvgIpc) is 2.84. The number of rotatable bonds is 6. The molecule has 8 heteroatoms. The van der Waals surface area contributed by atoms with E-state index < -0.39 is 15.8 Å². The highest BCUT2D eigenvalue weighted by atomic mass is 32.2. The van der Waals surface area contributed by atoms with E-state index in [0.29, 0.717) is 6.42 Å². The van der Waals surface area contributed by atoms with Crippen LogP contribution in [0.3, 0.4) is 0 Å². The molecule has 0 saturated heterocycles. The second-order valence-electron chi connectivity index (χ2n) is 4.59. The summed E-state index contributed by atoms with van der Waals surface area (Å²) >= 11 is 0. The van der Waals surface area contributed by atoms with Crippen LogP contribution in [-0.4, -0.2) is 24.7 Å². The first-order chi connectivity index (χ1) is 9.94. The summed E-state index contributed by atoms with van der Waals surface area (Å²) < 4.78 is 42.1. The molecule has 0 radical (unpaired) electrons. The molecule has 0 fully saturated rings. The van der Waals surface area contributed by atoms with E-state index in [4.69, 9.17) is 5.73 Å². The second-order valence-corrected chi connectivity index (χ2v) is 6.33. The zero-order valence-corrected chi connectivity index (χ0v) is 12.4. The van der Waals surface area contributed by atoms with Crippen molar-refractivity contribution in [2.24, 2.45) is 12.8 Å². The van der Waals surface area contributed by atoms with Gasteiger partial charge < -0.3 is 5.73 Å². The van der Waals surface area contributed by atoms with Crippen molar-refractivity contribution in [3.05, 3.63) is 47.5 Å². The molecule has 0 aliphatic heterocycles. The highest BCUT2D eigenvalue weighted by molar-refractivity contribution is 7.89. The molecule has 6 nitrogen and oxygen atoms in total. The predicted molar refractivity (Wildman–Crippen MR) is 76.4 cm³/mol. The number of hydrogen-bond acceptors (Lipinski definition) is 4. The Kier molecular flexibility index (Phi) is 4.71. The molecule has 0 amide bonds. The largest absolute Gasteiger partial charge is 0.326 e. The molecule has 0 bridgehead atoms. The van der Waals surface area contributed by atoms with E-state index in [1.807, 2.05) is 6.20 Å². The lowest BCUT2D eigenvalue weighted by molar-refractivity contribution is 0.571. The van der Waals surface area contributed by atoms with Crippen LogP contribution in [0.25, 0.3) is 0 Å². The van der Waals surface area contributed by atoms with Crippen LogP contribution >= 0.6 is 0 Å². The van der Waals surface area contributed by atoms with Crippen LogP contribution < -0.4 is 10.5 Å². The van der Waals surface area contributed by atoms with Crippen LogP contribution in [-0.2, 0) is 30.0 Å². The van der Waals surface area contributed by atoms with Crippen LogP contribution in [0.1, 0.15) is 11.1 Å². The molecule has 3 N–H and O–H groups in total. The fraction of sp³-hybridized carbons (Fsp3) is 0.308. The molecular formula is C13H17FN4O2S. The van der Waals surface area contributed by atoms with Gasteiger partial charge in [-0.15, -0.1) is 0 Å². The Morgan fingerprint density at radius 3 is 2.81 bits per heavy atom. The van der Waals surface area contributed by atoms with Crippen LogP contribution in [0.15, 0.2) is 35.5 Å². The highest BCUT2D eigenvalue weighted by Crippen LogP contribution is 2.18. The Bertz CT molecular complexity index is 728. The van der Waals surface area contributed by atoms with E-state index in [2.05, 4.69) is 9.82 Å². The van der Waals surface area contributed by atoms with Gasteiger partial charge in [-0.3, -0.25) is 4.68 Å². The van der Waals surface area contributed by atoms with Gasteiger partial charge in [-0.05, 0) is 24.1 Å². The minimum Gasteiger partial charge on any atom is -0.326 e. The Hall–Kier alpha value is -1.77. The van der Waals surface area contributed by atoms with Gasteiger partial charge in [-0.1, -0.05) is 6.07 Å². The Morgan fingerprint density at radius 1 is 1.43 bits per heavy atom. The predicted octanol–water partition coefficient (Wildman–Crippen LogP) is 0.539. The summed E-state index contributed by atoms with van der Waals surface area (Å²) in [6.07, 6.45) is 3.98. The lowest BCUT2D eigenvalue weighted by atomic mass is 10.2. The van der Waals surface area contributed by atoms with Crippen molar-refractivity contribution in [2.75, 3.05) is 6.54 Å². The number of hydrogen-bond donors (Lipinski definition) is 2. The van der Waals surface area contributed by atoms with Crippen molar-refractivity contribution >= 4 is 10.0 Å². The molecule has 1 aromatic heterocycles. The topological polar surface area (TPSA) is 90.0 Å². The lowest BCUT2D eigenvalue weighted by Gasteiger charge is -2.10. The monoisotopic (exact) mass is 312 g/mol. The number of nitrogens with zero attached hydrogens (tertiary/aromatic N) is 2.